The number of hydrogen-bond acceptors (Lipinski definition) is 7. The van der Waals surface area contributed by atoms with E-state index in [1.165, 1.54) is 12.1 Å². The van der Waals surface area contributed by atoms with Crippen molar-refractivity contribution in [3.63, 3.8) is 0 Å². The molecule has 4 aromatic rings. The molecule has 356 valence electrons. The van der Waals surface area contributed by atoms with Gasteiger partial charge in [-0.15, -0.1) is 0 Å². The number of likely N-dealkylation sites (N-methyl/N-ethyl adjacent to an activating group) is 2. The highest BCUT2D eigenvalue weighted by Crippen LogP contribution is 2.38. The molecule has 0 unspecified atom stereocenters. The van der Waals surface area contributed by atoms with Crippen LogP contribution in [-0.4, -0.2) is 91.7 Å². The highest BCUT2D eigenvalue weighted by Gasteiger charge is 2.30. The fraction of sp³-hybridized carbons (Fsp3) is 0.481. The van der Waals surface area contributed by atoms with Crippen LogP contribution in [0.15, 0.2) is 97.1 Å². The van der Waals surface area contributed by atoms with E-state index >= 15 is 0 Å². The summed E-state index contributed by atoms with van der Waals surface area (Å²) in [5.74, 6) is -1.83. The number of nitrogens with two attached hydrogens (primary N) is 1. The summed E-state index contributed by atoms with van der Waals surface area (Å²) in [6.45, 7) is 17.1. The molecular weight excluding hydrogens is 823 g/mol. The summed E-state index contributed by atoms with van der Waals surface area (Å²) in [6.07, 6.45) is 2.46. The molecule has 0 bridgehead atoms. The van der Waals surface area contributed by atoms with Crippen molar-refractivity contribution in [2.24, 2.45) is 16.6 Å². The Morgan fingerprint density at radius 3 is 1.32 bits per heavy atom. The number of benzene rings is 4. The predicted molar refractivity (Wildman–Crippen MR) is 261 cm³/mol. The Hall–Kier alpha value is -5.10. The average Bonchev–Trinajstić information content (AvgIpc) is 3.24. The highest BCUT2D eigenvalue weighted by molar-refractivity contribution is 5.96. The normalized spacial score (nSPS) is 13.4. The van der Waals surface area contributed by atoms with E-state index < -0.39 is 17.6 Å². The van der Waals surface area contributed by atoms with Crippen molar-refractivity contribution in [2.75, 3.05) is 41.3 Å². The Labute approximate surface area is 388 Å². The van der Waals surface area contributed by atoms with Gasteiger partial charge in [0.2, 0.25) is 5.91 Å². The minimum absolute atomic E-state index is 0.00991. The van der Waals surface area contributed by atoms with Crippen LogP contribution in [-0.2, 0) is 22.4 Å². The number of ketones is 2. The largest absolute Gasteiger partial charge is 0.481 e. The fourth-order valence-corrected chi connectivity index (χ4v) is 7.55. The third-order valence-electron chi connectivity index (χ3n) is 11.8. The van der Waals surface area contributed by atoms with Gasteiger partial charge in [-0.05, 0) is 110 Å². The number of rotatable bonds is 19. The lowest BCUT2D eigenvalue weighted by Crippen LogP contribution is -2.42. The molecule has 65 heavy (non-hydrogen) atoms. The summed E-state index contributed by atoms with van der Waals surface area (Å²) >= 11 is 0. The van der Waals surface area contributed by atoms with E-state index in [-0.39, 0.29) is 76.2 Å². The number of carbonyl (C=O) groups is 4. The van der Waals surface area contributed by atoms with Crippen molar-refractivity contribution in [2.45, 2.75) is 118 Å². The molecule has 0 heterocycles. The number of carbonyl (C=O) groups excluding carboxylic acids is 3. The number of carboxylic acid groups (broad SMARTS) is 1. The van der Waals surface area contributed by atoms with Gasteiger partial charge in [0, 0.05) is 44.4 Å². The first-order valence-corrected chi connectivity index (χ1v) is 22.7. The van der Waals surface area contributed by atoms with Gasteiger partial charge in [0.05, 0.1) is 17.5 Å². The van der Waals surface area contributed by atoms with E-state index in [0.29, 0.717) is 38.8 Å². The first-order chi connectivity index (χ1) is 30.4. The van der Waals surface area contributed by atoms with Crippen LogP contribution in [0.4, 0.5) is 8.78 Å². The second-order valence-corrected chi connectivity index (χ2v) is 19.3. The van der Waals surface area contributed by atoms with Crippen LogP contribution in [0.3, 0.4) is 0 Å². The quantitative estimate of drug-likeness (QED) is 0.0793. The third-order valence-corrected chi connectivity index (χ3v) is 11.8. The molecule has 0 saturated carbocycles. The zero-order chi connectivity index (χ0) is 49.1. The van der Waals surface area contributed by atoms with Crippen molar-refractivity contribution >= 4 is 23.4 Å². The number of amides is 1. The van der Waals surface area contributed by atoms with Gasteiger partial charge >= 0.3 is 5.97 Å². The number of nitrogens with zero attached hydrogens (tertiary/aromatic N) is 2. The van der Waals surface area contributed by atoms with Crippen molar-refractivity contribution in [3.05, 3.63) is 142 Å². The van der Waals surface area contributed by atoms with Crippen LogP contribution in [0.2, 0.25) is 0 Å². The van der Waals surface area contributed by atoms with E-state index in [2.05, 4.69) is 59.0 Å². The first kappa shape index (κ1) is 56.0. The number of Topliss-reactive ketones (excluding diaryl/α,β-unsaturated/α-hetero) is 2. The summed E-state index contributed by atoms with van der Waals surface area (Å²) in [5.41, 5.74) is 9.85. The first-order valence-electron chi connectivity index (χ1n) is 22.7. The molecule has 0 spiro atoms. The van der Waals surface area contributed by atoms with Crippen molar-refractivity contribution in [1.82, 2.24) is 15.1 Å². The lowest BCUT2D eigenvalue weighted by molar-refractivity contribution is -0.138. The van der Waals surface area contributed by atoms with Gasteiger partial charge in [-0.1, -0.05) is 128 Å². The molecule has 0 aliphatic rings. The second kappa shape index (κ2) is 26.8. The summed E-state index contributed by atoms with van der Waals surface area (Å²) in [5, 5.41) is 12.0. The molecule has 0 aliphatic carbocycles. The molecule has 4 atom stereocenters. The topological polar surface area (TPSA) is 133 Å². The number of hydrogen-bond donors (Lipinski definition) is 3. The molecular formula is C54H76F2N4O5. The number of nitrogens with one attached hydrogen (secondary N) is 1. The molecule has 4 aromatic carbocycles. The monoisotopic (exact) mass is 899 g/mol. The summed E-state index contributed by atoms with van der Waals surface area (Å²) < 4.78 is 28.1. The molecule has 4 rings (SSSR count). The molecule has 9 nitrogen and oxygen atoms in total. The van der Waals surface area contributed by atoms with Crippen LogP contribution in [0.1, 0.15) is 136 Å². The van der Waals surface area contributed by atoms with Crippen molar-refractivity contribution in [3.8, 4) is 0 Å². The SMILES string of the molecule is CC(C)(C)[C@@H](CC(=O)O)c1ccccc1.CCC(=O)c1ccc(C[C@@H](CN)N(C)C)cc1F.CCC(=O)c1ccc(C[C@@H](CNC(=O)C[C@@H](c2ccccc2)C(C)(C)C)N(C)C)cc1F. The van der Waals surface area contributed by atoms with Gasteiger partial charge in [-0.2, -0.15) is 0 Å². The number of carboxylic acids is 1. The van der Waals surface area contributed by atoms with Gasteiger partial charge in [0.1, 0.15) is 11.6 Å². The summed E-state index contributed by atoms with van der Waals surface area (Å²) in [4.78, 5) is 51.0. The highest BCUT2D eigenvalue weighted by atomic mass is 19.1. The van der Waals surface area contributed by atoms with Crippen LogP contribution < -0.4 is 11.1 Å². The lowest BCUT2D eigenvalue weighted by atomic mass is 9.74. The predicted octanol–water partition coefficient (Wildman–Crippen LogP) is 10.4. The second-order valence-electron chi connectivity index (χ2n) is 19.3. The van der Waals surface area contributed by atoms with Crippen LogP contribution in [0.25, 0.3) is 0 Å². The van der Waals surface area contributed by atoms with E-state index in [9.17, 15) is 28.0 Å². The fourth-order valence-electron chi connectivity index (χ4n) is 7.55. The van der Waals surface area contributed by atoms with Crippen LogP contribution in [0.5, 0.6) is 0 Å². The summed E-state index contributed by atoms with van der Waals surface area (Å²) in [6, 6.07) is 29.8. The Morgan fingerprint density at radius 2 is 1.00 bits per heavy atom. The van der Waals surface area contributed by atoms with E-state index in [1.807, 2.05) is 86.5 Å². The third kappa shape index (κ3) is 19.1. The van der Waals surface area contributed by atoms with Gasteiger partial charge < -0.3 is 26.0 Å². The molecule has 0 aliphatic heterocycles. The zero-order valence-corrected chi connectivity index (χ0v) is 41.0. The van der Waals surface area contributed by atoms with Gasteiger partial charge in [-0.3, -0.25) is 19.2 Å². The minimum atomic E-state index is -0.737. The van der Waals surface area contributed by atoms with Crippen molar-refractivity contribution in [1.29, 1.82) is 0 Å². The standard InChI is InChI=1S/C27H37FN2O2.C14H21FN2O.C13H18O2/c1-7-25(31)22-14-13-19(16-24(22)28)15-21(30(5)6)18-29-26(32)17-23(27(2,3)4)20-11-9-8-10-12-20;1-4-14(18)12-6-5-10(8-13(12)15)7-11(9-16)17(2)3;1-13(2,3)11(9-12(14)15)10-7-5-4-6-8-10/h8-14,16,21,23H,7,15,17-18H2,1-6H3,(H,29,32);5-6,8,11H,4,7,9,16H2,1-3H3;4-8,11H,9H2,1-3H3,(H,14,15)/t21-,23-;2*11-/m000/s1. The Kier molecular flexibility index (Phi) is 23.1. The Balaban J connectivity index is 0.000000370. The number of aliphatic carboxylic acids is 1. The minimum Gasteiger partial charge on any atom is -0.481 e. The zero-order valence-electron chi connectivity index (χ0n) is 41.0. The maximum atomic E-state index is 14.4. The maximum absolute atomic E-state index is 14.4. The van der Waals surface area contributed by atoms with Crippen LogP contribution in [0, 0.1) is 22.5 Å². The van der Waals surface area contributed by atoms with Crippen molar-refractivity contribution < 1.29 is 33.1 Å². The molecule has 0 fully saturated rings. The molecule has 11 heteroatoms. The smallest absolute Gasteiger partial charge is 0.303 e. The molecule has 0 saturated heterocycles. The number of halogens is 2. The van der Waals surface area contributed by atoms with Gasteiger partial charge in [0.15, 0.2) is 11.6 Å². The van der Waals surface area contributed by atoms with E-state index in [1.54, 1.807) is 38.1 Å². The Bertz CT molecular complexity index is 2100. The van der Waals surface area contributed by atoms with E-state index in [4.69, 9.17) is 10.8 Å². The average molecular weight is 899 g/mol. The molecule has 0 radical (unpaired) electrons. The van der Waals surface area contributed by atoms with E-state index in [0.717, 1.165) is 22.3 Å². The molecule has 1 amide bonds. The van der Waals surface area contributed by atoms with Crippen LogP contribution >= 0.6 is 0 Å². The Morgan fingerprint density at radius 1 is 0.615 bits per heavy atom. The van der Waals surface area contributed by atoms with Gasteiger partial charge in [-0.25, -0.2) is 8.78 Å². The molecule has 0 aromatic heterocycles. The summed E-state index contributed by atoms with van der Waals surface area (Å²) in [7, 11) is 7.79. The molecule has 4 N–H and O–H groups in total. The van der Waals surface area contributed by atoms with Gasteiger partial charge in [0.25, 0.3) is 0 Å². The lowest BCUT2D eigenvalue weighted by Gasteiger charge is -2.31. The maximum Gasteiger partial charge on any atom is 0.303 e.